The number of hydrogen-bond acceptors (Lipinski definition) is 4. The van der Waals surface area contributed by atoms with E-state index in [2.05, 4.69) is 15.3 Å². The van der Waals surface area contributed by atoms with Gasteiger partial charge >= 0.3 is 6.09 Å². The van der Waals surface area contributed by atoms with Gasteiger partial charge in [0.05, 0.1) is 0 Å². The molecule has 0 saturated carbocycles. The molecule has 2 N–H and O–H groups in total. The predicted octanol–water partition coefficient (Wildman–Crippen LogP) is 3.21. The number of azide groups is 1. The number of amides is 1. The molecule has 0 aromatic heterocycles. The average molecular weight is 321 g/mol. The van der Waals surface area contributed by atoms with Gasteiger partial charge in [0, 0.05) is 30.0 Å². The van der Waals surface area contributed by atoms with Gasteiger partial charge in [-0.25, -0.2) is 4.79 Å². The highest BCUT2D eigenvalue weighted by Gasteiger charge is 2.21. The molecule has 0 spiro atoms. The lowest BCUT2D eigenvalue weighted by atomic mass is 9.96. The van der Waals surface area contributed by atoms with E-state index < -0.39 is 11.7 Å². The number of carbonyl (C=O) groups excluding carboxylic acids is 1. The SMILES string of the molecule is CC(C)(C)OC(=O)NC(CN=[N+]=[N-])CC(CO)CCCCl. The Kier molecular flexibility index (Phi) is 9.95. The number of carbonyl (C=O) groups is 1. The maximum Gasteiger partial charge on any atom is 0.407 e. The van der Waals surface area contributed by atoms with E-state index in [1.165, 1.54) is 0 Å². The largest absolute Gasteiger partial charge is 0.444 e. The standard InChI is InChI=1S/C13H25ClN4O3/c1-13(2,3)21-12(20)17-11(8-16-18-15)7-10(9-19)5-4-6-14/h10-11,19H,4-9H2,1-3H3,(H,17,20). The first kappa shape index (κ1) is 19.8. The van der Waals surface area contributed by atoms with Gasteiger partial charge in [-0.15, -0.1) is 11.6 Å². The number of aliphatic hydroxyl groups is 1. The Balaban J connectivity index is 4.55. The second kappa shape index (κ2) is 10.5. The van der Waals surface area contributed by atoms with Gasteiger partial charge in [-0.1, -0.05) is 5.11 Å². The molecule has 0 fully saturated rings. The zero-order valence-electron chi connectivity index (χ0n) is 12.9. The summed E-state index contributed by atoms with van der Waals surface area (Å²) in [5.74, 6) is 0.523. The Bertz CT molecular complexity index is 354. The fourth-order valence-corrected chi connectivity index (χ4v) is 1.99. The second-order valence-electron chi connectivity index (χ2n) is 5.87. The van der Waals surface area contributed by atoms with Crippen molar-refractivity contribution in [3.63, 3.8) is 0 Å². The molecule has 122 valence electrons. The molecule has 8 heteroatoms. The number of alkyl carbamates (subject to hydrolysis) is 1. The predicted molar refractivity (Wildman–Crippen MR) is 82.3 cm³/mol. The topological polar surface area (TPSA) is 107 Å². The number of nitrogens with one attached hydrogen (secondary N) is 1. The minimum atomic E-state index is -0.595. The van der Waals surface area contributed by atoms with Gasteiger partial charge in [0.1, 0.15) is 5.60 Å². The van der Waals surface area contributed by atoms with Gasteiger partial charge < -0.3 is 15.2 Å². The molecule has 2 unspecified atom stereocenters. The van der Waals surface area contributed by atoms with E-state index >= 15 is 0 Å². The van der Waals surface area contributed by atoms with Crippen LogP contribution in [0, 0.1) is 5.92 Å². The molecule has 7 nitrogen and oxygen atoms in total. The van der Waals surface area contributed by atoms with Crippen LogP contribution in [-0.4, -0.2) is 41.9 Å². The Hall–Kier alpha value is -1.17. The van der Waals surface area contributed by atoms with Gasteiger partial charge in [-0.3, -0.25) is 0 Å². The first-order chi connectivity index (χ1) is 9.82. The summed E-state index contributed by atoms with van der Waals surface area (Å²) in [5, 5.41) is 15.5. The first-order valence-electron chi connectivity index (χ1n) is 6.99. The highest BCUT2D eigenvalue weighted by atomic mass is 35.5. The first-order valence-corrected chi connectivity index (χ1v) is 7.53. The van der Waals surface area contributed by atoms with Crippen LogP contribution in [0.5, 0.6) is 0 Å². The van der Waals surface area contributed by atoms with Crippen molar-refractivity contribution in [2.75, 3.05) is 19.0 Å². The number of halogens is 1. The molecule has 0 aromatic carbocycles. The van der Waals surface area contributed by atoms with Gasteiger partial charge in [0.25, 0.3) is 0 Å². The van der Waals surface area contributed by atoms with Crippen LogP contribution in [0.4, 0.5) is 4.79 Å². The van der Waals surface area contributed by atoms with E-state index in [1.54, 1.807) is 20.8 Å². The fraction of sp³-hybridized carbons (Fsp3) is 0.923. The van der Waals surface area contributed by atoms with Crippen molar-refractivity contribution >= 4 is 17.7 Å². The number of nitrogens with zero attached hydrogens (tertiary/aromatic N) is 3. The molecule has 0 saturated heterocycles. The van der Waals surface area contributed by atoms with Gasteiger partial charge in [0.15, 0.2) is 0 Å². The summed E-state index contributed by atoms with van der Waals surface area (Å²) < 4.78 is 5.18. The summed E-state index contributed by atoms with van der Waals surface area (Å²) in [6.07, 6.45) is 1.48. The molecule has 1 amide bonds. The third kappa shape index (κ3) is 11.2. The van der Waals surface area contributed by atoms with Crippen molar-refractivity contribution < 1.29 is 14.6 Å². The smallest absolute Gasteiger partial charge is 0.407 e. The number of alkyl halides is 1. The van der Waals surface area contributed by atoms with Crippen molar-refractivity contribution in [2.24, 2.45) is 11.0 Å². The van der Waals surface area contributed by atoms with E-state index in [4.69, 9.17) is 21.9 Å². The molecule has 0 bridgehead atoms. The lowest BCUT2D eigenvalue weighted by Crippen LogP contribution is -2.42. The molecular formula is C13H25ClN4O3. The minimum Gasteiger partial charge on any atom is -0.444 e. The zero-order chi connectivity index (χ0) is 16.3. The lowest BCUT2D eigenvalue weighted by Gasteiger charge is -2.25. The normalized spacial score (nSPS) is 14.0. The second-order valence-corrected chi connectivity index (χ2v) is 6.25. The summed E-state index contributed by atoms with van der Waals surface area (Å²) in [6, 6.07) is -0.372. The zero-order valence-corrected chi connectivity index (χ0v) is 13.6. The summed E-state index contributed by atoms with van der Waals surface area (Å²) >= 11 is 5.64. The Morgan fingerprint density at radius 3 is 2.67 bits per heavy atom. The highest BCUT2D eigenvalue weighted by Crippen LogP contribution is 2.15. The molecular weight excluding hydrogens is 296 g/mol. The van der Waals surface area contributed by atoms with Gasteiger partial charge in [0.2, 0.25) is 0 Å². The van der Waals surface area contributed by atoms with Gasteiger partial charge in [-0.2, -0.15) is 0 Å². The maximum absolute atomic E-state index is 11.8. The number of aliphatic hydroxyl groups excluding tert-OH is 1. The van der Waals surface area contributed by atoms with Crippen molar-refractivity contribution in [1.82, 2.24) is 5.32 Å². The van der Waals surface area contributed by atoms with E-state index in [1.807, 2.05) is 0 Å². The van der Waals surface area contributed by atoms with Crippen LogP contribution in [0.2, 0.25) is 0 Å². The Morgan fingerprint density at radius 1 is 1.52 bits per heavy atom. The summed E-state index contributed by atoms with van der Waals surface area (Å²) in [7, 11) is 0. The van der Waals surface area contributed by atoms with Crippen LogP contribution < -0.4 is 5.32 Å². The van der Waals surface area contributed by atoms with E-state index in [9.17, 15) is 9.90 Å². The highest BCUT2D eigenvalue weighted by molar-refractivity contribution is 6.17. The third-order valence-electron chi connectivity index (χ3n) is 2.71. The molecule has 0 heterocycles. The van der Waals surface area contributed by atoms with E-state index in [0.717, 1.165) is 12.8 Å². The lowest BCUT2D eigenvalue weighted by molar-refractivity contribution is 0.0494. The average Bonchev–Trinajstić information content (AvgIpc) is 2.38. The van der Waals surface area contributed by atoms with Crippen LogP contribution in [0.3, 0.4) is 0 Å². The molecule has 2 atom stereocenters. The van der Waals surface area contributed by atoms with Crippen LogP contribution in [0.15, 0.2) is 5.11 Å². The fourth-order valence-electron chi connectivity index (χ4n) is 1.84. The van der Waals surface area contributed by atoms with Gasteiger partial charge in [-0.05, 0) is 51.5 Å². The van der Waals surface area contributed by atoms with Crippen LogP contribution >= 0.6 is 11.6 Å². The molecule has 0 radical (unpaired) electrons. The van der Waals surface area contributed by atoms with E-state index in [0.29, 0.717) is 12.3 Å². The number of ether oxygens (including phenoxy) is 1. The van der Waals surface area contributed by atoms with Crippen LogP contribution in [-0.2, 0) is 4.74 Å². The minimum absolute atomic E-state index is 0.000342. The van der Waals surface area contributed by atoms with Crippen molar-refractivity contribution in [3.8, 4) is 0 Å². The molecule has 21 heavy (non-hydrogen) atoms. The maximum atomic E-state index is 11.8. The van der Waals surface area contributed by atoms with Crippen molar-refractivity contribution in [2.45, 2.75) is 51.7 Å². The summed E-state index contributed by atoms with van der Waals surface area (Å²) in [4.78, 5) is 14.5. The van der Waals surface area contributed by atoms with Crippen molar-refractivity contribution in [3.05, 3.63) is 10.4 Å². The summed E-state index contributed by atoms with van der Waals surface area (Å²) in [6.45, 7) is 5.43. The van der Waals surface area contributed by atoms with Crippen molar-refractivity contribution in [1.29, 1.82) is 0 Å². The summed E-state index contributed by atoms with van der Waals surface area (Å²) in [5.41, 5.74) is 7.82. The molecule has 0 aliphatic carbocycles. The number of hydrogen-bond donors (Lipinski definition) is 2. The molecule has 0 aromatic rings. The monoisotopic (exact) mass is 320 g/mol. The number of rotatable bonds is 9. The molecule has 0 aliphatic heterocycles. The Morgan fingerprint density at radius 2 is 2.19 bits per heavy atom. The molecule has 0 aliphatic rings. The van der Waals surface area contributed by atoms with Crippen LogP contribution in [0.25, 0.3) is 10.4 Å². The van der Waals surface area contributed by atoms with Crippen LogP contribution in [0.1, 0.15) is 40.0 Å². The quantitative estimate of drug-likeness (QED) is 0.295. The third-order valence-corrected chi connectivity index (χ3v) is 2.98. The van der Waals surface area contributed by atoms with E-state index in [-0.39, 0.29) is 25.1 Å². The Labute approximate surface area is 130 Å². The molecule has 0 rings (SSSR count).